The van der Waals surface area contributed by atoms with Gasteiger partial charge >= 0.3 is 0 Å². The molecular weight excluding hydrogens is 504 g/mol. The monoisotopic (exact) mass is 564 g/mol. The van der Waals surface area contributed by atoms with Gasteiger partial charge in [-0.05, 0) is 115 Å². The lowest BCUT2D eigenvalue weighted by molar-refractivity contribution is 0.376. The van der Waals surface area contributed by atoms with Gasteiger partial charge in [-0.2, -0.15) is 0 Å². The van der Waals surface area contributed by atoms with Crippen LogP contribution in [0.15, 0.2) is 130 Å². The zero-order valence-electron chi connectivity index (χ0n) is 28.7. The van der Waals surface area contributed by atoms with Crippen LogP contribution in [-0.2, 0) is 0 Å². The van der Waals surface area contributed by atoms with Crippen molar-refractivity contribution in [2.24, 2.45) is 10.8 Å². The second-order valence-corrected chi connectivity index (χ2v) is 13.9. The number of allylic oxidation sites excluding steroid dienone is 22. The largest absolute Gasteiger partial charge is 0.0805 e. The molecule has 0 bridgehead atoms. The van der Waals surface area contributed by atoms with Gasteiger partial charge in [0, 0.05) is 0 Å². The van der Waals surface area contributed by atoms with Crippen LogP contribution in [0.5, 0.6) is 0 Å². The van der Waals surface area contributed by atoms with Crippen molar-refractivity contribution in [1.29, 1.82) is 0 Å². The maximum Gasteiger partial charge on any atom is -0.0104 e. The van der Waals surface area contributed by atoms with E-state index < -0.39 is 0 Å². The lowest BCUT2D eigenvalue weighted by Crippen LogP contribution is -2.19. The van der Waals surface area contributed by atoms with Crippen molar-refractivity contribution in [2.45, 2.75) is 121 Å². The summed E-state index contributed by atoms with van der Waals surface area (Å²) in [6.07, 6.45) is 41.0. The van der Waals surface area contributed by atoms with Crippen LogP contribution in [0.25, 0.3) is 0 Å². The highest BCUT2D eigenvalue weighted by Gasteiger charge is 2.27. The van der Waals surface area contributed by atoms with Gasteiger partial charge in [0.25, 0.3) is 0 Å². The first-order valence-electron chi connectivity index (χ1n) is 16.3. The van der Waals surface area contributed by atoms with Gasteiger partial charge in [-0.15, -0.1) is 0 Å². The van der Waals surface area contributed by atoms with Crippen molar-refractivity contribution in [3.63, 3.8) is 0 Å². The SMILES string of the molecule is CC1=C(/C=C/C(C)=C/C/C=C/C(C)=C/C=C/C=C(C)/C=C/C/C=C(C)/C=C/C2=C(C)CCCC2(C)C)C(C)(C)CCC1. The molecule has 42 heavy (non-hydrogen) atoms. The van der Waals surface area contributed by atoms with E-state index in [9.17, 15) is 0 Å². The molecule has 0 heteroatoms. The van der Waals surface area contributed by atoms with E-state index in [-0.39, 0.29) is 0 Å². The van der Waals surface area contributed by atoms with Crippen LogP contribution in [-0.4, -0.2) is 0 Å². The summed E-state index contributed by atoms with van der Waals surface area (Å²) < 4.78 is 0. The molecule has 0 unspecified atom stereocenters. The summed E-state index contributed by atoms with van der Waals surface area (Å²) in [5, 5.41) is 0. The van der Waals surface area contributed by atoms with Crippen molar-refractivity contribution in [2.75, 3.05) is 0 Å². The predicted octanol–water partition coefficient (Wildman–Crippen LogP) is 13.4. The maximum absolute atomic E-state index is 2.38. The molecule has 0 heterocycles. The van der Waals surface area contributed by atoms with E-state index in [2.05, 4.69) is 154 Å². The van der Waals surface area contributed by atoms with Crippen LogP contribution >= 0.6 is 0 Å². The zero-order valence-corrected chi connectivity index (χ0v) is 28.7. The molecule has 0 nitrogen and oxygen atoms in total. The molecule has 0 radical (unpaired) electrons. The third-order valence-corrected chi connectivity index (χ3v) is 8.85. The van der Waals surface area contributed by atoms with E-state index in [1.54, 1.807) is 11.1 Å². The first-order valence-corrected chi connectivity index (χ1v) is 16.3. The Bertz CT molecular complexity index is 1150. The highest BCUT2D eigenvalue weighted by atomic mass is 14.3. The van der Waals surface area contributed by atoms with Crippen LogP contribution in [0, 0.1) is 10.8 Å². The van der Waals surface area contributed by atoms with E-state index in [0.717, 1.165) is 12.8 Å². The molecular formula is C42H60. The Morgan fingerprint density at radius 2 is 0.952 bits per heavy atom. The summed E-state index contributed by atoms with van der Waals surface area (Å²) in [6, 6.07) is 0. The smallest absolute Gasteiger partial charge is 0.0104 e. The van der Waals surface area contributed by atoms with E-state index in [0.29, 0.717) is 10.8 Å². The summed E-state index contributed by atoms with van der Waals surface area (Å²) in [5.41, 5.74) is 12.0. The molecule has 0 saturated carbocycles. The molecule has 0 saturated heterocycles. The second kappa shape index (κ2) is 17.3. The van der Waals surface area contributed by atoms with E-state index in [4.69, 9.17) is 0 Å². The van der Waals surface area contributed by atoms with E-state index in [1.165, 1.54) is 72.0 Å². The van der Waals surface area contributed by atoms with Gasteiger partial charge in [0.1, 0.15) is 0 Å². The van der Waals surface area contributed by atoms with Crippen LogP contribution < -0.4 is 0 Å². The average molecular weight is 565 g/mol. The highest BCUT2D eigenvalue weighted by Crippen LogP contribution is 2.41. The van der Waals surface area contributed by atoms with Crippen LogP contribution in [0.1, 0.15) is 121 Å². The Balaban J connectivity index is 1.79. The number of rotatable bonds is 12. The molecule has 0 amide bonds. The molecule has 0 aromatic carbocycles. The first kappa shape index (κ1) is 35.3. The molecule has 228 valence electrons. The lowest BCUT2D eigenvalue weighted by Gasteiger charge is -2.33. The summed E-state index contributed by atoms with van der Waals surface area (Å²) in [5.74, 6) is 0. The molecule has 2 aliphatic rings. The van der Waals surface area contributed by atoms with Crippen molar-refractivity contribution in [3.05, 3.63) is 130 Å². The predicted molar refractivity (Wildman–Crippen MR) is 191 cm³/mol. The van der Waals surface area contributed by atoms with Gasteiger partial charge in [0.2, 0.25) is 0 Å². The van der Waals surface area contributed by atoms with Gasteiger partial charge < -0.3 is 0 Å². The lowest BCUT2D eigenvalue weighted by atomic mass is 9.72. The summed E-state index contributed by atoms with van der Waals surface area (Å²) >= 11 is 0. The number of hydrogen-bond acceptors (Lipinski definition) is 0. The molecule has 0 N–H and O–H groups in total. The molecule has 2 rings (SSSR count). The minimum Gasteiger partial charge on any atom is -0.0805 e. The van der Waals surface area contributed by atoms with Crippen molar-refractivity contribution in [3.8, 4) is 0 Å². The molecule has 2 aliphatic carbocycles. The average Bonchev–Trinajstić information content (AvgIpc) is 2.90. The fraction of sp³-hybridized carbons (Fsp3) is 0.476. The van der Waals surface area contributed by atoms with Gasteiger partial charge in [-0.25, -0.2) is 0 Å². The van der Waals surface area contributed by atoms with Gasteiger partial charge in [-0.1, -0.05) is 146 Å². The standard InChI is InChI=1S/C42H60/c1-33(21-13-15-23-35(3)27-29-39-37(5)25-17-31-41(39,7)8)19-11-12-20-34(2)22-14-16-24-36(4)28-30-40-38(6)26-18-32-42(40,9)10/h11-14,19-24,27-30H,15-18,25-26,31-32H2,1-10H3/b12-11+,21-13+,22-14+,29-27+,30-28+,33-19+,34-20+,35-23+,36-24+. The summed E-state index contributed by atoms with van der Waals surface area (Å²) in [4.78, 5) is 0. The Hall–Kier alpha value is -2.86. The maximum atomic E-state index is 2.38. The van der Waals surface area contributed by atoms with Gasteiger partial charge in [0.05, 0.1) is 0 Å². The molecule has 0 atom stereocenters. The molecule has 0 aliphatic heterocycles. The van der Waals surface area contributed by atoms with E-state index in [1.807, 2.05) is 0 Å². The Morgan fingerprint density at radius 3 is 1.31 bits per heavy atom. The van der Waals surface area contributed by atoms with Crippen LogP contribution in [0.4, 0.5) is 0 Å². The fourth-order valence-corrected chi connectivity index (χ4v) is 6.13. The third kappa shape index (κ3) is 12.6. The zero-order chi connectivity index (χ0) is 31.2. The Morgan fingerprint density at radius 1 is 0.571 bits per heavy atom. The molecule has 0 spiro atoms. The molecule has 0 aromatic heterocycles. The van der Waals surface area contributed by atoms with Crippen LogP contribution in [0.2, 0.25) is 0 Å². The minimum atomic E-state index is 0.302. The van der Waals surface area contributed by atoms with E-state index >= 15 is 0 Å². The van der Waals surface area contributed by atoms with Gasteiger partial charge in [0.15, 0.2) is 0 Å². The molecule has 0 fully saturated rings. The Kier molecular flexibility index (Phi) is 14.6. The Labute approximate surface area is 260 Å². The topological polar surface area (TPSA) is 0 Å². The quantitative estimate of drug-likeness (QED) is 0.207. The van der Waals surface area contributed by atoms with Crippen molar-refractivity contribution < 1.29 is 0 Å². The van der Waals surface area contributed by atoms with Crippen LogP contribution in [0.3, 0.4) is 0 Å². The summed E-state index contributed by atoms with van der Waals surface area (Å²) in [6.45, 7) is 22.8. The normalized spacial score (nSPS) is 21.5. The molecule has 0 aromatic rings. The van der Waals surface area contributed by atoms with Gasteiger partial charge in [-0.3, -0.25) is 0 Å². The second-order valence-electron chi connectivity index (χ2n) is 13.9. The van der Waals surface area contributed by atoms with Crippen molar-refractivity contribution >= 4 is 0 Å². The minimum absolute atomic E-state index is 0.302. The summed E-state index contributed by atoms with van der Waals surface area (Å²) in [7, 11) is 0. The number of hydrogen-bond donors (Lipinski definition) is 0. The fourth-order valence-electron chi connectivity index (χ4n) is 6.13. The third-order valence-electron chi connectivity index (χ3n) is 8.85. The van der Waals surface area contributed by atoms with Crippen molar-refractivity contribution in [1.82, 2.24) is 0 Å². The highest BCUT2D eigenvalue weighted by molar-refractivity contribution is 5.37. The first-order chi connectivity index (χ1) is 19.8.